The van der Waals surface area contributed by atoms with Gasteiger partial charge in [-0.2, -0.15) is 0 Å². The van der Waals surface area contributed by atoms with Gasteiger partial charge >= 0.3 is 0 Å². The van der Waals surface area contributed by atoms with Gasteiger partial charge in [0.2, 0.25) is 0 Å². The van der Waals surface area contributed by atoms with Crippen LogP contribution in [-0.4, -0.2) is 52.5 Å². The number of nitrogens with zero attached hydrogens (tertiary/aromatic N) is 1. The Kier molecular flexibility index (Phi) is 10.4. The molecule has 0 bridgehead atoms. The number of hydrogen-bond donors (Lipinski definition) is 3. The van der Waals surface area contributed by atoms with E-state index in [0.717, 1.165) is 16.7 Å². The molecule has 2 saturated heterocycles. The first-order valence-electron chi connectivity index (χ1n) is 16.4. The number of aliphatic hydroxyl groups excluding tert-OH is 1. The molecular weight excluding hydrogens is 628 g/mol. The number of Topliss-reactive ketones (excluding diaryl/α,β-unsaturated/α-hetero) is 1. The Hall–Kier alpha value is -3.89. The summed E-state index contributed by atoms with van der Waals surface area (Å²) in [6.45, 7) is 5.62. The molecule has 8 nitrogen and oxygen atoms in total. The lowest BCUT2D eigenvalue weighted by molar-refractivity contribution is -0.277. The number of hydrogen-bond acceptors (Lipinski definition) is 7. The number of rotatable bonds is 9. The van der Waals surface area contributed by atoms with Crippen LogP contribution in [0.15, 0.2) is 97.1 Å². The molecule has 2 aliphatic heterocycles. The number of benzene rings is 4. The number of carbonyl (C=O) groups excluding carboxylic acids is 2. The Labute approximate surface area is 286 Å². The fraction of sp³-hybridized carbons (Fsp3) is 0.333. The summed E-state index contributed by atoms with van der Waals surface area (Å²) in [5.41, 5.74) is 3.98. The summed E-state index contributed by atoms with van der Waals surface area (Å²) in [7, 11) is 0. The van der Waals surface area contributed by atoms with Gasteiger partial charge in [0.25, 0.3) is 5.91 Å². The van der Waals surface area contributed by atoms with Crippen molar-refractivity contribution in [1.29, 1.82) is 0 Å². The van der Waals surface area contributed by atoms with E-state index >= 15 is 0 Å². The van der Waals surface area contributed by atoms with Crippen molar-refractivity contribution >= 4 is 29.0 Å². The fourth-order valence-corrected chi connectivity index (χ4v) is 6.71. The molecule has 0 spiro atoms. The molecule has 0 aliphatic carbocycles. The maximum Gasteiger partial charge on any atom is 0.255 e. The third kappa shape index (κ3) is 7.70. The molecule has 0 aromatic heterocycles. The van der Waals surface area contributed by atoms with E-state index in [-0.39, 0.29) is 36.4 Å². The maximum atomic E-state index is 13.3. The lowest BCUT2D eigenvalue weighted by Gasteiger charge is -2.45. The predicted octanol–water partition coefficient (Wildman–Crippen LogP) is 7.06. The Morgan fingerprint density at radius 2 is 1.58 bits per heavy atom. The van der Waals surface area contributed by atoms with Crippen molar-refractivity contribution in [2.24, 2.45) is 5.92 Å². The Morgan fingerprint density at radius 1 is 0.896 bits per heavy atom. The first-order chi connectivity index (χ1) is 23.1. The number of ether oxygens (including phenoxy) is 2. The van der Waals surface area contributed by atoms with Crippen LogP contribution < -0.4 is 5.32 Å². The second-order valence-electron chi connectivity index (χ2n) is 12.9. The smallest absolute Gasteiger partial charge is 0.255 e. The molecule has 2 fully saturated rings. The summed E-state index contributed by atoms with van der Waals surface area (Å²) in [6, 6.07) is 29.3. The van der Waals surface area contributed by atoms with Crippen LogP contribution in [0.5, 0.6) is 0 Å². The van der Waals surface area contributed by atoms with Crippen LogP contribution in [0, 0.1) is 5.92 Å². The molecular formula is C39H41ClN2O6. The van der Waals surface area contributed by atoms with Crippen molar-refractivity contribution in [2.75, 3.05) is 25.0 Å². The monoisotopic (exact) mass is 668 g/mol. The highest BCUT2D eigenvalue weighted by Crippen LogP contribution is 2.43. The summed E-state index contributed by atoms with van der Waals surface area (Å²) < 4.78 is 13.3. The molecule has 1 amide bonds. The van der Waals surface area contributed by atoms with Gasteiger partial charge in [-0.1, -0.05) is 79.2 Å². The first-order valence-corrected chi connectivity index (χ1v) is 16.7. The van der Waals surface area contributed by atoms with E-state index in [9.17, 15) is 19.8 Å². The lowest BCUT2D eigenvalue weighted by Crippen LogP contribution is -2.49. The first kappa shape index (κ1) is 34.0. The number of carbonyl (C=O) groups is 2. The van der Waals surface area contributed by atoms with Crippen molar-refractivity contribution < 1.29 is 29.3 Å². The van der Waals surface area contributed by atoms with Gasteiger partial charge in [-0.25, -0.2) is 0 Å². The van der Waals surface area contributed by atoms with Gasteiger partial charge < -0.3 is 29.9 Å². The standard InChI is InChI=1S/C39H41ClN2O6/c1-25-35(23-42-19-17-39(46,18-20-42)32-13-15-33(40)16-14-32)47-38(48-36(25)28-11-9-27(24-43)10-12-28)31-7-3-6-30(21-31)37(45)41-34-8-4-5-29(22-34)26(2)44/h3-16,21-22,25,35-36,38,43,46H,17-20,23-24H2,1-2H3,(H,41,45)/t25-,35+,36+,38?/m0/s1. The summed E-state index contributed by atoms with van der Waals surface area (Å²) >= 11 is 6.08. The van der Waals surface area contributed by atoms with E-state index in [1.54, 1.807) is 36.4 Å². The second-order valence-corrected chi connectivity index (χ2v) is 13.3. The topological polar surface area (TPSA) is 108 Å². The van der Waals surface area contributed by atoms with Crippen LogP contribution in [0.2, 0.25) is 5.02 Å². The molecule has 6 rings (SSSR count). The largest absolute Gasteiger partial charge is 0.392 e. The summed E-state index contributed by atoms with van der Waals surface area (Å²) in [6.07, 6.45) is -0.0651. The number of likely N-dealkylation sites (tertiary alicyclic amines) is 1. The average Bonchev–Trinajstić information content (AvgIpc) is 3.10. The van der Waals surface area contributed by atoms with E-state index in [1.165, 1.54) is 6.92 Å². The minimum absolute atomic E-state index is 0.0154. The molecule has 4 atom stereocenters. The van der Waals surface area contributed by atoms with E-state index in [1.807, 2.05) is 60.7 Å². The molecule has 2 aliphatic rings. The highest BCUT2D eigenvalue weighted by molar-refractivity contribution is 6.30. The molecule has 250 valence electrons. The van der Waals surface area contributed by atoms with E-state index in [0.29, 0.717) is 59.9 Å². The second kappa shape index (κ2) is 14.7. The molecule has 0 radical (unpaired) electrons. The van der Waals surface area contributed by atoms with E-state index in [2.05, 4.69) is 17.1 Å². The molecule has 48 heavy (non-hydrogen) atoms. The van der Waals surface area contributed by atoms with Gasteiger partial charge in [0.05, 0.1) is 24.4 Å². The summed E-state index contributed by atoms with van der Waals surface area (Å²) in [5, 5.41) is 24.6. The molecule has 3 N–H and O–H groups in total. The summed E-state index contributed by atoms with van der Waals surface area (Å²) in [5.74, 6) is -0.403. The number of nitrogens with one attached hydrogen (secondary N) is 1. The number of piperidine rings is 1. The Balaban J connectivity index is 1.21. The van der Waals surface area contributed by atoms with Crippen LogP contribution in [-0.2, 0) is 21.7 Å². The zero-order valence-corrected chi connectivity index (χ0v) is 27.9. The lowest BCUT2D eigenvalue weighted by atomic mass is 9.84. The normalized spacial score (nSPS) is 22.6. The van der Waals surface area contributed by atoms with Crippen LogP contribution in [0.3, 0.4) is 0 Å². The number of ketones is 1. The predicted molar refractivity (Wildman–Crippen MR) is 185 cm³/mol. The maximum absolute atomic E-state index is 13.3. The van der Waals surface area contributed by atoms with Crippen molar-refractivity contribution in [2.45, 2.75) is 57.4 Å². The van der Waals surface area contributed by atoms with Gasteiger partial charge in [0.1, 0.15) is 0 Å². The van der Waals surface area contributed by atoms with Crippen LogP contribution in [0.1, 0.15) is 82.1 Å². The third-order valence-corrected chi connectivity index (χ3v) is 9.83. The molecule has 1 unspecified atom stereocenters. The number of aliphatic hydroxyl groups is 2. The highest BCUT2D eigenvalue weighted by atomic mass is 35.5. The third-order valence-electron chi connectivity index (χ3n) is 9.57. The molecule has 0 saturated carbocycles. The fourth-order valence-electron chi connectivity index (χ4n) is 6.58. The SMILES string of the molecule is CC(=O)c1cccc(NC(=O)c2cccc(C3O[C@H](CN4CCC(O)(c5ccc(Cl)cc5)CC4)[C@H](C)[C@H](c4ccc(CO)cc4)O3)c2)c1. The van der Waals surface area contributed by atoms with Crippen molar-refractivity contribution in [3.05, 3.63) is 135 Å². The van der Waals surface area contributed by atoms with Crippen LogP contribution in [0.4, 0.5) is 5.69 Å². The quantitative estimate of drug-likeness (QED) is 0.164. The Bertz CT molecular complexity index is 1740. The van der Waals surface area contributed by atoms with Gasteiger partial charge in [-0.05, 0) is 72.9 Å². The molecule has 2 heterocycles. The van der Waals surface area contributed by atoms with Gasteiger partial charge in [-0.3, -0.25) is 9.59 Å². The minimum Gasteiger partial charge on any atom is -0.392 e. The molecule has 4 aromatic carbocycles. The number of anilines is 1. The van der Waals surface area contributed by atoms with Crippen molar-refractivity contribution in [3.8, 4) is 0 Å². The molecule has 9 heteroatoms. The highest BCUT2D eigenvalue weighted by Gasteiger charge is 2.41. The van der Waals surface area contributed by atoms with Gasteiger partial charge in [0, 0.05) is 53.0 Å². The number of amides is 1. The van der Waals surface area contributed by atoms with Crippen molar-refractivity contribution in [1.82, 2.24) is 4.90 Å². The van der Waals surface area contributed by atoms with Gasteiger partial charge in [-0.15, -0.1) is 0 Å². The zero-order valence-electron chi connectivity index (χ0n) is 27.1. The minimum atomic E-state index is -0.906. The van der Waals surface area contributed by atoms with E-state index in [4.69, 9.17) is 21.1 Å². The zero-order chi connectivity index (χ0) is 33.8. The Morgan fingerprint density at radius 3 is 2.27 bits per heavy atom. The van der Waals surface area contributed by atoms with Crippen LogP contribution in [0.25, 0.3) is 0 Å². The average molecular weight is 669 g/mol. The number of halogens is 1. The summed E-state index contributed by atoms with van der Waals surface area (Å²) in [4.78, 5) is 27.5. The van der Waals surface area contributed by atoms with Crippen molar-refractivity contribution in [3.63, 3.8) is 0 Å². The van der Waals surface area contributed by atoms with Crippen LogP contribution >= 0.6 is 11.6 Å². The molecule has 4 aromatic rings. The van der Waals surface area contributed by atoms with E-state index < -0.39 is 11.9 Å². The van der Waals surface area contributed by atoms with Gasteiger partial charge in [0.15, 0.2) is 12.1 Å².